The van der Waals surface area contributed by atoms with Crippen LogP contribution in [0, 0.1) is 11.7 Å². The maximum Gasteiger partial charge on any atom is 0.292 e. The van der Waals surface area contributed by atoms with Gasteiger partial charge in [0.25, 0.3) is 5.91 Å². The monoisotopic (exact) mass is 330 g/mol. The number of nitrogens with one attached hydrogen (secondary N) is 1. The van der Waals surface area contributed by atoms with Crippen LogP contribution in [0.15, 0.2) is 28.8 Å². The van der Waals surface area contributed by atoms with Crippen molar-refractivity contribution >= 4 is 16.9 Å². The summed E-state index contributed by atoms with van der Waals surface area (Å²) in [5, 5.41) is 3.92. The lowest BCUT2D eigenvalue weighted by molar-refractivity contribution is 0.0740. The average Bonchev–Trinajstić information content (AvgIpc) is 3.11. The van der Waals surface area contributed by atoms with E-state index in [1.165, 1.54) is 17.0 Å². The Labute approximate surface area is 138 Å². The Balaban J connectivity index is 1.71. The first-order valence-corrected chi connectivity index (χ1v) is 7.77. The topological polar surface area (TPSA) is 75.0 Å². The number of amides is 1. The van der Waals surface area contributed by atoms with Gasteiger partial charge in [-0.3, -0.25) is 4.79 Å². The molecule has 1 N–H and O–H groups in total. The van der Waals surface area contributed by atoms with Crippen LogP contribution in [0.4, 0.5) is 4.39 Å². The van der Waals surface area contributed by atoms with Crippen LogP contribution in [0.5, 0.6) is 0 Å². The first-order valence-electron chi connectivity index (χ1n) is 7.77. The summed E-state index contributed by atoms with van der Waals surface area (Å²) in [4.78, 5) is 21.3. The molecule has 2 heterocycles. The molecular weight excluding hydrogens is 311 g/mol. The molecule has 0 spiro atoms. The molecule has 0 unspecified atom stereocenters. The van der Waals surface area contributed by atoms with Gasteiger partial charge in [-0.15, -0.1) is 0 Å². The number of fused-ring (bicyclic) bond motifs is 1. The highest BCUT2D eigenvalue weighted by Gasteiger charge is 2.19. The smallest absolute Gasteiger partial charge is 0.292 e. The van der Waals surface area contributed by atoms with Gasteiger partial charge in [0.1, 0.15) is 11.6 Å². The molecule has 126 valence electrons. The average molecular weight is 330 g/mol. The molecule has 2 aromatic heterocycles. The van der Waals surface area contributed by atoms with Crippen molar-refractivity contribution in [1.82, 2.24) is 20.0 Å². The fraction of sp³-hybridized carbons (Fsp3) is 0.353. The highest BCUT2D eigenvalue weighted by Crippen LogP contribution is 2.15. The van der Waals surface area contributed by atoms with E-state index >= 15 is 0 Å². The van der Waals surface area contributed by atoms with Gasteiger partial charge in [0.15, 0.2) is 0 Å². The van der Waals surface area contributed by atoms with E-state index in [0.717, 1.165) is 12.1 Å². The minimum Gasteiger partial charge on any atom is -0.351 e. The van der Waals surface area contributed by atoms with Crippen molar-refractivity contribution in [1.29, 1.82) is 0 Å². The van der Waals surface area contributed by atoms with Gasteiger partial charge in [-0.05, 0) is 30.5 Å². The zero-order valence-corrected chi connectivity index (χ0v) is 13.8. The molecule has 1 amide bonds. The molecule has 0 bridgehead atoms. The van der Waals surface area contributed by atoms with E-state index in [1.54, 1.807) is 19.2 Å². The zero-order valence-electron chi connectivity index (χ0n) is 13.8. The van der Waals surface area contributed by atoms with Crippen LogP contribution in [0.1, 0.15) is 35.9 Å². The maximum atomic E-state index is 13.2. The van der Waals surface area contributed by atoms with Gasteiger partial charge in [-0.1, -0.05) is 19.0 Å². The molecule has 0 saturated carbocycles. The summed E-state index contributed by atoms with van der Waals surface area (Å²) in [5.74, 6) is 0.612. The molecule has 0 atom stereocenters. The number of hydrogen-bond donors (Lipinski definition) is 1. The maximum absolute atomic E-state index is 13.2. The number of imidazole rings is 1. The number of benzene rings is 1. The highest BCUT2D eigenvalue weighted by molar-refractivity contribution is 5.91. The third-order valence-corrected chi connectivity index (χ3v) is 3.61. The SMILES string of the molecule is CC(C)Cc1cc(C(=O)N(C)Cc2nc3ccc(F)cc3[nH]2)on1. The number of carbonyl (C=O) groups is 1. The number of hydrogen-bond acceptors (Lipinski definition) is 4. The van der Waals surface area contributed by atoms with E-state index in [0.29, 0.717) is 22.8 Å². The zero-order chi connectivity index (χ0) is 17.3. The van der Waals surface area contributed by atoms with Gasteiger partial charge in [0, 0.05) is 13.1 Å². The Hall–Kier alpha value is -2.70. The van der Waals surface area contributed by atoms with Crippen LogP contribution in [0.25, 0.3) is 11.0 Å². The molecule has 0 radical (unpaired) electrons. The van der Waals surface area contributed by atoms with E-state index in [4.69, 9.17) is 4.52 Å². The summed E-state index contributed by atoms with van der Waals surface area (Å²) in [7, 11) is 1.65. The number of carbonyl (C=O) groups excluding carboxylic acids is 1. The summed E-state index contributed by atoms with van der Waals surface area (Å²) < 4.78 is 18.4. The summed E-state index contributed by atoms with van der Waals surface area (Å²) in [5.41, 5.74) is 2.02. The molecule has 0 fully saturated rings. The van der Waals surface area contributed by atoms with Crippen molar-refractivity contribution in [2.75, 3.05) is 7.05 Å². The van der Waals surface area contributed by atoms with Crippen LogP contribution in [0.3, 0.4) is 0 Å². The molecule has 6 nitrogen and oxygen atoms in total. The second-order valence-electron chi connectivity index (χ2n) is 6.29. The number of aromatic amines is 1. The minimum absolute atomic E-state index is 0.204. The van der Waals surface area contributed by atoms with Gasteiger partial charge in [-0.2, -0.15) is 0 Å². The molecular formula is C17H19FN4O2. The Bertz CT molecular complexity index is 868. The third kappa shape index (κ3) is 3.45. The van der Waals surface area contributed by atoms with Crippen molar-refractivity contribution < 1.29 is 13.7 Å². The summed E-state index contributed by atoms with van der Waals surface area (Å²) in [6.45, 7) is 4.41. The predicted octanol–water partition coefficient (Wildman–Crippen LogP) is 3.16. The van der Waals surface area contributed by atoms with E-state index in [2.05, 4.69) is 29.0 Å². The lowest BCUT2D eigenvalue weighted by atomic mass is 10.1. The third-order valence-electron chi connectivity index (χ3n) is 3.61. The second-order valence-corrected chi connectivity index (χ2v) is 6.29. The van der Waals surface area contributed by atoms with Gasteiger partial charge in [0.2, 0.25) is 5.76 Å². The number of nitrogens with zero attached hydrogens (tertiary/aromatic N) is 3. The van der Waals surface area contributed by atoms with Crippen molar-refractivity contribution in [3.63, 3.8) is 0 Å². The Morgan fingerprint density at radius 1 is 1.38 bits per heavy atom. The Morgan fingerprint density at radius 2 is 2.17 bits per heavy atom. The lowest BCUT2D eigenvalue weighted by Crippen LogP contribution is -2.26. The van der Waals surface area contributed by atoms with Crippen molar-refractivity contribution in [2.24, 2.45) is 5.92 Å². The van der Waals surface area contributed by atoms with Crippen molar-refractivity contribution in [2.45, 2.75) is 26.8 Å². The van der Waals surface area contributed by atoms with Crippen LogP contribution >= 0.6 is 0 Å². The largest absolute Gasteiger partial charge is 0.351 e. The molecule has 24 heavy (non-hydrogen) atoms. The standard InChI is InChI=1S/C17H19FN4O2/c1-10(2)6-12-8-15(24-21-12)17(23)22(3)9-16-19-13-5-4-11(18)7-14(13)20-16/h4-5,7-8,10H,6,9H2,1-3H3,(H,19,20). The first-order chi connectivity index (χ1) is 11.4. The summed E-state index contributed by atoms with van der Waals surface area (Å²) >= 11 is 0. The fourth-order valence-electron chi connectivity index (χ4n) is 2.52. The van der Waals surface area contributed by atoms with E-state index in [-0.39, 0.29) is 24.0 Å². The highest BCUT2D eigenvalue weighted by atomic mass is 19.1. The molecule has 3 aromatic rings. The van der Waals surface area contributed by atoms with E-state index in [9.17, 15) is 9.18 Å². The fourth-order valence-corrected chi connectivity index (χ4v) is 2.52. The summed E-state index contributed by atoms with van der Waals surface area (Å²) in [6.07, 6.45) is 0.760. The molecule has 0 aliphatic carbocycles. The van der Waals surface area contributed by atoms with Crippen LogP contribution in [-0.2, 0) is 13.0 Å². The number of H-pyrrole nitrogens is 1. The van der Waals surface area contributed by atoms with Crippen LogP contribution in [-0.4, -0.2) is 33.0 Å². The minimum atomic E-state index is -0.332. The normalized spacial score (nSPS) is 11.4. The van der Waals surface area contributed by atoms with Gasteiger partial charge < -0.3 is 14.4 Å². The number of rotatable bonds is 5. The van der Waals surface area contributed by atoms with Gasteiger partial charge in [0.05, 0.1) is 23.3 Å². The molecule has 0 saturated heterocycles. The van der Waals surface area contributed by atoms with Crippen molar-refractivity contribution in [3.8, 4) is 0 Å². The quantitative estimate of drug-likeness (QED) is 0.780. The lowest BCUT2D eigenvalue weighted by Gasteiger charge is -2.13. The first kappa shape index (κ1) is 16.2. The number of aromatic nitrogens is 3. The predicted molar refractivity (Wildman–Crippen MR) is 86.9 cm³/mol. The summed E-state index contributed by atoms with van der Waals surface area (Å²) in [6, 6.07) is 6.00. The number of halogens is 1. The Morgan fingerprint density at radius 3 is 2.92 bits per heavy atom. The van der Waals surface area contributed by atoms with Gasteiger partial charge >= 0.3 is 0 Å². The Kier molecular flexibility index (Phi) is 4.33. The van der Waals surface area contributed by atoms with E-state index < -0.39 is 0 Å². The molecule has 0 aliphatic rings. The molecule has 3 rings (SSSR count). The van der Waals surface area contributed by atoms with E-state index in [1.807, 2.05) is 0 Å². The van der Waals surface area contributed by atoms with Crippen LogP contribution < -0.4 is 0 Å². The van der Waals surface area contributed by atoms with Gasteiger partial charge in [-0.25, -0.2) is 9.37 Å². The molecule has 7 heteroatoms. The molecule has 0 aliphatic heterocycles. The van der Waals surface area contributed by atoms with Crippen molar-refractivity contribution in [3.05, 3.63) is 47.4 Å². The van der Waals surface area contributed by atoms with Crippen LogP contribution in [0.2, 0.25) is 0 Å². The second kappa shape index (κ2) is 6.43. The molecule has 1 aromatic carbocycles.